The van der Waals surface area contributed by atoms with E-state index in [0.29, 0.717) is 155 Å². The molecule has 3 amide bonds. The molecule has 21 heteroatoms. The number of hydrogen-bond acceptors (Lipinski definition) is 18. The van der Waals surface area contributed by atoms with Crippen LogP contribution in [0.1, 0.15) is 245 Å². The number of ketones is 3. The molecular formula is C81H123N3O12S6. The van der Waals surface area contributed by atoms with Crippen LogP contribution in [0, 0.1) is 71.0 Å². The lowest BCUT2D eigenvalue weighted by Gasteiger charge is -2.19. The van der Waals surface area contributed by atoms with Crippen LogP contribution in [0.3, 0.4) is 0 Å². The summed E-state index contributed by atoms with van der Waals surface area (Å²) in [5.41, 5.74) is 4.42. The lowest BCUT2D eigenvalue weighted by Crippen LogP contribution is -2.24. The van der Waals surface area contributed by atoms with Crippen molar-refractivity contribution in [3.63, 3.8) is 0 Å². The molecule has 0 spiro atoms. The van der Waals surface area contributed by atoms with Crippen molar-refractivity contribution in [2.45, 2.75) is 202 Å². The Labute approximate surface area is 639 Å². The fraction of sp³-hybridized carbons (Fsp3) is 0.630. The summed E-state index contributed by atoms with van der Waals surface area (Å²) < 4.78 is 34.5. The molecule has 0 fully saturated rings. The SMILES string of the molecule is CC(C)C#CCCC(=O)COCCOC(SSC(C)C)c1ccc(C(=O)NCCCC(C)C)cc1.CCSSC(OCCOCC(=O)CCC#CC(C)C)c1ccc(C(=O)NCCCC(C)C)cc1.CSSC(OCCOCC(=O)CCC#CC(C)C)c1ccc(C(=O)NCCCC(C)C)cc1. The quantitative estimate of drug-likeness (QED) is 0.0209. The number of benzene rings is 3. The summed E-state index contributed by atoms with van der Waals surface area (Å²) in [5.74, 6) is 22.1. The zero-order valence-electron chi connectivity index (χ0n) is 64.2. The Hall–Kier alpha value is -4.38. The van der Waals surface area contributed by atoms with Gasteiger partial charge in [-0.2, -0.15) is 0 Å². The number of Topliss-reactive ketones (excluding diaryl/α,β-unsaturated/α-hetero) is 3. The van der Waals surface area contributed by atoms with Gasteiger partial charge in [0.1, 0.15) is 36.1 Å². The first-order valence-electron chi connectivity index (χ1n) is 36.4. The maximum atomic E-state index is 12.4. The Morgan fingerprint density at radius 1 is 0.392 bits per heavy atom. The van der Waals surface area contributed by atoms with Crippen molar-refractivity contribution >= 4 is 99.8 Å². The standard InChI is InChI=1S/C28H43NO4S2.C27H41NO4S2.C26H39NO4S2/c1-21(2)10-7-8-12-26(30)20-32-18-19-33-28(35-34-23(5)6)25-15-13-24(14-16-25)27(31)29-17-9-11-22(3)4;1-6-33-34-27(32-19-18-31-20-25(29)12-8-7-10-21(2)3)24-15-13-23(14-16-24)26(30)28-17-9-11-22(4)5;1-20(2)9-6-7-11-24(28)19-30-17-18-31-26(33-32-5)23-14-12-22(13-15-23)25(29)27-16-8-10-21(3)4/h13-16,21-23,28H,8-9,11-12,17-20H2,1-6H3,(H,29,31);13-16,21-22,27H,6,8-9,11-12,17-20H2,1-5H3,(H,28,30);12-15,20-21,26H,7-8,10-11,16-19H2,1-5H3,(H,27,29). The summed E-state index contributed by atoms with van der Waals surface area (Å²) in [6, 6.07) is 22.7. The fourth-order valence-electron chi connectivity index (χ4n) is 8.59. The van der Waals surface area contributed by atoms with Crippen LogP contribution in [0.25, 0.3) is 0 Å². The Bertz CT molecular complexity index is 2950. The van der Waals surface area contributed by atoms with Crippen molar-refractivity contribution in [2.75, 3.05) is 91.1 Å². The van der Waals surface area contributed by atoms with Crippen LogP contribution in [-0.2, 0) is 42.8 Å². The molecule has 570 valence electrons. The van der Waals surface area contributed by atoms with Crippen molar-refractivity contribution in [1.29, 1.82) is 0 Å². The first-order chi connectivity index (χ1) is 48.8. The highest BCUT2D eigenvalue weighted by Crippen LogP contribution is 2.42. The smallest absolute Gasteiger partial charge is 0.251 e. The van der Waals surface area contributed by atoms with E-state index >= 15 is 0 Å². The van der Waals surface area contributed by atoms with Crippen LogP contribution in [0.5, 0.6) is 0 Å². The second-order valence-corrected chi connectivity index (χ2v) is 34.7. The van der Waals surface area contributed by atoms with E-state index in [4.69, 9.17) is 28.4 Å². The summed E-state index contributed by atoms with van der Waals surface area (Å²) in [6.45, 7) is 36.3. The van der Waals surface area contributed by atoms with Gasteiger partial charge in [-0.05, 0) is 116 Å². The van der Waals surface area contributed by atoms with Gasteiger partial charge in [0.25, 0.3) is 17.7 Å². The highest BCUT2D eigenvalue weighted by atomic mass is 33.1. The molecule has 0 saturated heterocycles. The molecule has 3 aromatic rings. The molecule has 0 aromatic heterocycles. The molecule has 0 aliphatic carbocycles. The first kappa shape index (κ1) is 95.6. The lowest BCUT2D eigenvalue weighted by atomic mass is 10.1. The van der Waals surface area contributed by atoms with Gasteiger partial charge in [0.15, 0.2) is 17.3 Å². The minimum absolute atomic E-state index is 0.0448. The molecule has 102 heavy (non-hydrogen) atoms. The minimum atomic E-state index is -0.184. The Balaban J connectivity index is 0.000000765. The Morgan fingerprint density at radius 3 is 0.951 bits per heavy atom. The topological polar surface area (TPSA) is 194 Å². The Kier molecular flexibility index (Phi) is 57.9. The second-order valence-electron chi connectivity index (χ2n) is 26.6. The number of amides is 3. The molecule has 3 aromatic carbocycles. The molecule has 15 nitrogen and oxygen atoms in total. The normalized spacial score (nSPS) is 11.9. The molecule has 0 bridgehead atoms. The van der Waals surface area contributed by atoms with Gasteiger partial charge in [-0.3, -0.25) is 28.8 Å². The van der Waals surface area contributed by atoms with Crippen LogP contribution >= 0.6 is 64.8 Å². The van der Waals surface area contributed by atoms with E-state index in [1.54, 1.807) is 64.8 Å². The molecule has 0 aliphatic rings. The molecule has 3 N–H and O–H groups in total. The van der Waals surface area contributed by atoms with Gasteiger partial charge >= 0.3 is 0 Å². The van der Waals surface area contributed by atoms with E-state index in [-0.39, 0.29) is 71.2 Å². The lowest BCUT2D eigenvalue weighted by molar-refractivity contribution is -0.124. The Morgan fingerprint density at radius 2 is 0.686 bits per heavy atom. The predicted molar refractivity (Wildman–Crippen MR) is 435 cm³/mol. The molecule has 0 aliphatic heterocycles. The van der Waals surface area contributed by atoms with E-state index < -0.39 is 0 Å². The van der Waals surface area contributed by atoms with Crippen LogP contribution in [-0.4, -0.2) is 131 Å². The van der Waals surface area contributed by atoms with Crippen LogP contribution in [0.15, 0.2) is 72.8 Å². The number of ether oxygens (including phenoxy) is 6. The number of carbonyl (C=O) groups is 6. The third-order valence-corrected chi connectivity index (χ3v) is 21.5. The van der Waals surface area contributed by atoms with Crippen molar-refractivity contribution in [3.8, 4) is 35.5 Å². The van der Waals surface area contributed by atoms with Gasteiger partial charge in [0.05, 0.1) is 39.6 Å². The van der Waals surface area contributed by atoms with Crippen molar-refractivity contribution in [3.05, 3.63) is 106 Å². The number of hydrogen-bond donors (Lipinski definition) is 3. The highest BCUT2D eigenvalue weighted by molar-refractivity contribution is 8.77. The molecule has 3 unspecified atom stereocenters. The maximum Gasteiger partial charge on any atom is 0.251 e. The zero-order valence-corrected chi connectivity index (χ0v) is 69.1. The second kappa shape index (κ2) is 61.7. The molecule has 0 saturated carbocycles. The van der Waals surface area contributed by atoms with Crippen LogP contribution < -0.4 is 16.0 Å². The van der Waals surface area contributed by atoms with E-state index in [9.17, 15) is 28.8 Å². The summed E-state index contributed by atoms with van der Waals surface area (Å²) in [5, 5.41) is 9.40. The van der Waals surface area contributed by atoms with Gasteiger partial charge in [-0.1, -0.05) is 205 Å². The number of nitrogens with one attached hydrogen (secondary N) is 3. The fourth-order valence-corrected chi connectivity index (χ4v) is 14.4. The zero-order chi connectivity index (χ0) is 75.7. The van der Waals surface area contributed by atoms with Crippen molar-refractivity contribution in [1.82, 2.24) is 16.0 Å². The molecule has 3 atom stereocenters. The van der Waals surface area contributed by atoms with Crippen molar-refractivity contribution < 1.29 is 57.2 Å². The molecule has 0 heterocycles. The van der Waals surface area contributed by atoms with Gasteiger partial charge in [-0.25, -0.2) is 0 Å². The average Bonchev–Trinajstić information content (AvgIpc) is 0.888. The minimum Gasteiger partial charge on any atom is -0.371 e. The first-order valence-corrected chi connectivity index (χ1v) is 43.7. The average molecular weight is 1520 g/mol. The summed E-state index contributed by atoms with van der Waals surface area (Å²) in [7, 11) is 9.99. The van der Waals surface area contributed by atoms with Crippen LogP contribution in [0.2, 0.25) is 0 Å². The largest absolute Gasteiger partial charge is 0.371 e. The molecule has 3 rings (SSSR count). The molecule has 0 radical (unpaired) electrons. The third kappa shape index (κ3) is 52.6. The summed E-state index contributed by atoms with van der Waals surface area (Å²) >= 11 is 0. The van der Waals surface area contributed by atoms with Crippen LogP contribution in [0.4, 0.5) is 0 Å². The van der Waals surface area contributed by atoms with E-state index in [1.807, 2.05) is 121 Å². The third-order valence-electron chi connectivity index (χ3n) is 13.9. The van der Waals surface area contributed by atoms with E-state index in [0.717, 1.165) is 61.0 Å². The predicted octanol–water partition coefficient (Wildman–Crippen LogP) is 18.9. The van der Waals surface area contributed by atoms with Gasteiger partial charge in [-0.15, -0.1) is 35.5 Å². The summed E-state index contributed by atoms with van der Waals surface area (Å²) in [4.78, 5) is 72.7. The summed E-state index contributed by atoms with van der Waals surface area (Å²) in [6.07, 6.45) is 11.3. The highest BCUT2D eigenvalue weighted by Gasteiger charge is 2.19. The van der Waals surface area contributed by atoms with E-state index in [2.05, 4.69) is 114 Å². The number of rotatable bonds is 50. The van der Waals surface area contributed by atoms with Gasteiger partial charge in [0.2, 0.25) is 0 Å². The monoisotopic (exact) mass is 1520 g/mol. The molecular weight excluding hydrogens is 1400 g/mol. The van der Waals surface area contributed by atoms with E-state index in [1.165, 1.54) is 0 Å². The van der Waals surface area contributed by atoms with Gasteiger partial charge in [0, 0.05) is 104 Å². The van der Waals surface area contributed by atoms with Gasteiger partial charge < -0.3 is 44.4 Å². The maximum absolute atomic E-state index is 12.4. The number of carbonyl (C=O) groups excluding carboxylic acids is 6. The van der Waals surface area contributed by atoms with Crippen molar-refractivity contribution in [2.24, 2.45) is 35.5 Å².